The molecule has 3 aromatic rings. The lowest BCUT2D eigenvalue weighted by atomic mass is 9.77. The highest BCUT2D eigenvalue weighted by molar-refractivity contribution is 6.30. The molecule has 44 heavy (non-hydrogen) atoms. The van der Waals surface area contributed by atoms with Crippen molar-refractivity contribution in [3.8, 4) is 11.5 Å². The summed E-state index contributed by atoms with van der Waals surface area (Å²) in [7, 11) is 1.57. The molecule has 1 unspecified atom stereocenters. The summed E-state index contributed by atoms with van der Waals surface area (Å²) in [4.78, 5) is 28.5. The molecule has 2 aliphatic rings. The number of carbonyl (C=O) groups is 2. The number of nitrogens with zero attached hydrogens (tertiary/aromatic N) is 2. The summed E-state index contributed by atoms with van der Waals surface area (Å²) in [5, 5.41) is 12.1. The van der Waals surface area contributed by atoms with Gasteiger partial charge < -0.3 is 24.4 Å². The number of benzene rings is 3. The average molecular weight is 627 g/mol. The molecular weight excluding hydrogens is 590 g/mol. The van der Waals surface area contributed by atoms with E-state index in [4.69, 9.17) is 21.1 Å². The first kappa shape index (κ1) is 31.7. The third-order valence-electron chi connectivity index (χ3n) is 8.66. The highest BCUT2D eigenvalue weighted by Crippen LogP contribution is 2.44. The standard InChI is InChI=1S/C34H37ClF2N2O5/c1-20(2)44-29-19-27-22(17-28(29)43-4)18-30(40)39(31(27)21-5-9-25(35)10-6-21)26-11-7-23(8-12-26)34(3,42)24-13-15-38(16-14-24)33(41)32(36)37/h5-12,17,19-20,24,31-32,42H,13-16,18H2,1-4H3/t31-,34?/m0/s1. The van der Waals surface area contributed by atoms with Gasteiger partial charge in [0.05, 0.1) is 31.3 Å². The summed E-state index contributed by atoms with van der Waals surface area (Å²) in [6, 6.07) is 18.0. The topological polar surface area (TPSA) is 79.3 Å². The van der Waals surface area contributed by atoms with Crippen LogP contribution in [0.5, 0.6) is 11.5 Å². The zero-order valence-electron chi connectivity index (χ0n) is 25.2. The van der Waals surface area contributed by atoms with Crippen LogP contribution in [0.15, 0.2) is 60.7 Å². The number of hydrogen-bond acceptors (Lipinski definition) is 5. The van der Waals surface area contributed by atoms with Crippen LogP contribution in [0.25, 0.3) is 0 Å². The molecule has 0 bridgehead atoms. The Bertz CT molecular complexity index is 1500. The molecule has 0 saturated carbocycles. The van der Waals surface area contributed by atoms with Gasteiger partial charge in [0.15, 0.2) is 11.5 Å². The molecule has 0 aromatic heterocycles. The van der Waals surface area contributed by atoms with E-state index in [9.17, 15) is 23.5 Å². The number of piperidine rings is 1. The predicted molar refractivity (Wildman–Crippen MR) is 165 cm³/mol. The number of hydrogen-bond donors (Lipinski definition) is 1. The van der Waals surface area contributed by atoms with Gasteiger partial charge >= 0.3 is 6.43 Å². The van der Waals surface area contributed by atoms with E-state index in [0.717, 1.165) is 21.6 Å². The highest BCUT2D eigenvalue weighted by atomic mass is 35.5. The second-order valence-electron chi connectivity index (χ2n) is 11.9. The molecule has 0 spiro atoms. The third-order valence-corrected chi connectivity index (χ3v) is 8.91. The van der Waals surface area contributed by atoms with E-state index < -0.39 is 24.0 Å². The molecule has 2 aliphatic heterocycles. The molecule has 2 amide bonds. The van der Waals surface area contributed by atoms with Crippen molar-refractivity contribution in [2.24, 2.45) is 5.92 Å². The van der Waals surface area contributed by atoms with Crippen molar-refractivity contribution in [1.82, 2.24) is 4.90 Å². The number of likely N-dealkylation sites (tertiary alicyclic amines) is 1. The zero-order chi connectivity index (χ0) is 31.8. The summed E-state index contributed by atoms with van der Waals surface area (Å²) in [6.45, 7) is 5.92. The van der Waals surface area contributed by atoms with Gasteiger partial charge in [0.25, 0.3) is 5.91 Å². The van der Waals surface area contributed by atoms with Crippen LogP contribution in [0.1, 0.15) is 61.9 Å². The van der Waals surface area contributed by atoms with Crippen molar-refractivity contribution in [3.63, 3.8) is 0 Å². The number of aliphatic hydroxyl groups is 1. The van der Waals surface area contributed by atoms with Gasteiger partial charge in [-0.15, -0.1) is 0 Å². The number of carbonyl (C=O) groups excluding carboxylic acids is 2. The molecule has 2 atom stereocenters. The fourth-order valence-electron chi connectivity index (χ4n) is 6.32. The minimum Gasteiger partial charge on any atom is -0.493 e. The number of ether oxygens (including phenoxy) is 2. The van der Waals surface area contributed by atoms with E-state index in [-0.39, 0.29) is 37.4 Å². The lowest BCUT2D eigenvalue weighted by molar-refractivity contribution is -0.146. The smallest absolute Gasteiger partial charge is 0.315 e. The maximum absolute atomic E-state index is 13.8. The first-order chi connectivity index (χ1) is 20.9. The van der Waals surface area contributed by atoms with E-state index in [1.165, 1.54) is 0 Å². The van der Waals surface area contributed by atoms with Crippen molar-refractivity contribution < 1.29 is 33.0 Å². The Morgan fingerprint density at radius 3 is 2.23 bits per heavy atom. The van der Waals surface area contributed by atoms with Crippen LogP contribution in [0, 0.1) is 5.92 Å². The van der Waals surface area contributed by atoms with Crippen LogP contribution in [0.4, 0.5) is 14.5 Å². The summed E-state index contributed by atoms with van der Waals surface area (Å²) < 4.78 is 37.4. The van der Waals surface area contributed by atoms with E-state index in [0.29, 0.717) is 40.6 Å². The van der Waals surface area contributed by atoms with Crippen molar-refractivity contribution in [2.75, 3.05) is 25.1 Å². The number of fused-ring (bicyclic) bond motifs is 1. The minimum atomic E-state index is -3.03. The quantitative estimate of drug-likeness (QED) is 0.308. The fraction of sp³-hybridized carbons (Fsp3) is 0.412. The molecule has 7 nitrogen and oxygen atoms in total. The number of rotatable bonds is 8. The largest absolute Gasteiger partial charge is 0.493 e. The molecule has 0 radical (unpaired) electrons. The van der Waals surface area contributed by atoms with Gasteiger partial charge in [-0.1, -0.05) is 35.9 Å². The molecular formula is C34H37ClF2N2O5. The molecule has 3 aromatic carbocycles. The van der Waals surface area contributed by atoms with E-state index in [1.54, 1.807) is 43.2 Å². The van der Waals surface area contributed by atoms with Crippen molar-refractivity contribution >= 4 is 29.1 Å². The molecule has 2 heterocycles. The number of halogens is 3. The SMILES string of the molecule is COc1cc2c(cc1OC(C)C)[C@H](c1ccc(Cl)cc1)N(c1ccc(C(C)(O)C3CCN(C(=O)C(F)F)CC3)cc1)C(=O)C2. The summed E-state index contributed by atoms with van der Waals surface area (Å²) in [6.07, 6.45) is -2.16. The van der Waals surface area contributed by atoms with Crippen LogP contribution < -0.4 is 14.4 Å². The molecule has 234 valence electrons. The lowest BCUT2D eigenvalue weighted by Gasteiger charge is -2.40. The first-order valence-electron chi connectivity index (χ1n) is 14.8. The number of alkyl halides is 2. The first-order valence-corrected chi connectivity index (χ1v) is 15.1. The summed E-state index contributed by atoms with van der Waals surface area (Å²) in [5.74, 6) is -0.356. The monoisotopic (exact) mass is 626 g/mol. The second-order valence-corrected chi connectivity index (χ2v) is 12.3. The van der Waals surface area contributed by atoms with Crippen molar-refractivity contribution in [3.05, 3.63) is 87.9 Å². The van der Waals surface area contributed by atoms with Gasteiger partial charge in [0, 0.05) is 23.8 Å². The van der Waals surface area contributed by atoms with Crippen molar-refractivity contribution in [1.29, 1.82) is 0 Å². The Balaban J connectivity index is 1.48. The predicted octanol–water partition coefficient (Wildman–Crippen LogP) is 6.53. The zero-order valence-corrected chi connectivity index (χ0v) is 26.0. The highest BCUT2D eigenvalue weighted by Gasteiger charge is 2.39. The second kappa shape index (κ2) is 12.7. The average Bonchev–Trinajstić information content (AvgIpc) is 3.00. The molecule has 10 heteroatoms. The Morgan fingerprint density at radius 1 is 1.02 bits per heavy atom. The Hall–Kier alpha value is -3.69. The minimum absolute atomic E-state index is 0.0883. The van der Waals surface area contributed by atoms with E-state index in [1.807, 2.05) is 50.2 Å². The summed E-state index contributed by atoms with van der Waals surface area (Å²) in [5.41, 5.74) is 2.65. The molecule has 1 saturated heterocycles. The van der Waals surface area contributed by atoms with Crippen LogP contribution in [-0.4, -0.2) is 54.5 Å². The number of methoxy groups -OCH3 is 1. The van der Waals surface area contributed by atoms with Gasteiger partial charge in [-0.05, 0) is 98.2 Å². The van der Waals surface area contributed by atoms with Gasteiger partial charge in [-0.25, -0.2) is 0 Å². The number of amides is 2. The van der Waals surface area contributed by atoms with Gasteiger partial charge in [-0.3, -0.25) is 9.59 Å². The molecule has 1 fully saturated rings. The van der Waals surface area contributed by atoms with Crippen LogP contribution in [-0.2, 0) is 21.6 Å². The van der Waals surface area contributed by atoms with Gasteiger partial charge in [0.1, 0.15) is 0 Å². The fourth-order valence-corrected chi connectivity index (χ4v) is 6.45. The molecule has 1 N–H and O–H groups in total. The molecule has 0 aliphatic carbocycles. The maximum atomic E-state index is 13.8. The van der Waals surface area contributed by atoms with Gasteiger partial charge in [0.2, 0.25) is 5.91 Å². The summed E-state index contributed by atoms with van der Waals surface area (Å²) >= 11 is 6.22. The lowest BCUT2D eigenvalue weighted by Crippen LogP contribution is -2.46. The van der Waals surface area contributed by atoms with E-state index >= 15 is 0 Å². The van der Waals surface area contributed by atoms with Crippen LogP contribution in [0.2, 0.25) is 5.02 Å². The van der Waals surface area contributed by atoms with Crippen LogP contribution >= 0.6 is 11.6 Å². The Kier molecular flexibility index (Phi) is 9.18. The maximum Gasteiger partial charge on any atom is 0.315 e. The van der Waals surface area contributed by atoms with Crippen molar-refractivity contribution in [2.45, 2.75) is 64.2 Å². The molecule has 5 rings (SSSR count). The normalized spacial score (nSPS) is 18.8. The third kappa shape index (κ3) is 6.26. The van der Waals surface area contributed by atoms with E-state index in [2.05, 4.69) is 0 Å². The van der Waals surface area contributed by atoms with Crippen LogP contribution in [0.3, 0.4) is 0 Å². The number of anilines is 1. The Morgan fingerprint density at radius 2 is 1.66 bits per heavy atom. The van der Waals surface area contributed by atoms with Gasteiger partial charge in [-0.2, -0.15) is 8.78 Å². The Labute approximate surface area is 261 Å².